The van der Waals surface area contributed by atoms with Crippen LogP contribution in [0.4, 0.5) is 0 Å². The Labute approximate surface area is 130 Å². The van der Waals surface area contributed by atoms with E-state index in [1.807, 2.05) is 30.5 Å². The molecule has 1 aliphatic heterocycles. The highest BCUT2D eigenvalue weighted by molar-refractivity contribution is 7.91. The number of methoxy groups -OCH3 is 1. The molecule has 1 saturated heterocycles. The minimum absolute atomic E-state index is 0.240. The molecule has 7 heteroatoms. The molecule has 0 N–H and O–H groups in total. The average molecular weight is 321 g/mol. The number of nitrogens with zero attached hydrogens (tertiary/aromatic N) is 3. The van der Waals surface area contributed by atoms with Crippen LogP contribution in [0.2, 0.25) is 0 Å². The lowest BCUT2D eigenvalue weighted by molar-refractivity contribution is 0.416. The van der Waals surface area contributed by atoms with Gasteiger partial charge in [-0.2, -0.15) is 0 Å². The van der Waals surface area contributed by atoms with Crippen molar-refractivity contribution >= 4 is 9.84 Å². The van der Waals surface area contributed by atoms with Crippen molar-refractivity contribution in [2.45, 2.75) is 19.4 Å². The molecule has 2 aromatic rings. The molecule has 0 aliphatic carbocycles. The van der Waals surface area contributed by atoms with E-state index in [9.17, 15) is 8.42 Å². The molecular weight excluding hydrogens is 302 g/mol. The van der Waals surface area contributed by atoms with Gasteiger partial charge in [0.2, 0.25) is 0 Å². The van der Waals surface area contributed by atoms with Crippen LogP contribution in [0.15, 0.2) is 30.5 Å². The zero-order valence-electron chi connectivity index (χ0n) is 12.5. The minimum Gasteiger partial charge on any atom is -0.496 e. The molecule has 1 aliphatic rings. The highest BCUT2D eigenvalue weighted by Gasteiger charge is 2.27. The molecule has 3 rings (SSSR count). The van der Waals surface area contributed by atoms with E-state index in [4.69, 9.17) is 4.74 Å². The lowest BCUT2D eigenvalue weighted by Crippen LogP contribution is -2.09. The predicted molar refractivity (Wildman–Crippen MR) is 83.4 cm³/mol. The van der Waals surface area contributed by atoms with E-state index < -0.39 is 9.84 Å². The third-order valence-corrected chi connectivity index (χ3v) is 5.85. The predicted octanol–water partition coefficient (Wildman–Crippen LogP) is 1.78. The van der Waals surface area contributed by atoms with E-state index in [2.05, 4.69) is 10.3 Å². The molecule has 0 amide bonds. The Hall–Kier alpha value is -1.89. The number of aryl methyl sites for hydroxylation is 1. The van der Waals surface area contributed by atoms with E-state index in [1.165, 1.54) is 0 Å². The summed E-state index contributed by atoms with van der Waals surface area (Å²) in [5, 5.41) is 8.31. The summed E-state index contributed by atoms with van der Waals surface area (Å²) < 4.78 is 30.0. The van der Waals surface area contributed by atoms with Crippen LogP contribution in [0.3, 0.4) is 0 Å². The SMILES string of the molecule is COc1ccccc1-c1cn(CCC2CCS(=O)(=O)C2)nn1. The van der Waals surface area contributed by atoms with E-state index in [0.29, 0.717) is 18.1 Å². The first kappa shape index (κ1) is 15.0. The Morgan fingerprint density at radius 1 is 1.36 bits per heavy atom. The first-order chi connectivity index (χ1) is 10.6. The highest BCUT2D eigenvalue weighted by Crippen LogP contribution is 2.28. The fraction of sp³-hybridized carbons (Fsp3) is 0.467. The molecule has 2 heterocycles. The summed E-state index contributed by atoms with van der Waals surface area (Å²) in [5.41, 5.74) is 1.66. The molecule has 118 valence electrons. The Balaban J connectivity index is 1.67. The van der Waals surface area contributed by atoms with Gasteiger partial charge in [0.1, 0.15) is 11.4 Å². The zero-order chi connectivity index (χ0) is 15.6. The molecule has 0 radical (unpaired) electrons. The van der Waals surface area contributed by atoms with Gasteiger partial charge in [0, 0.05) is 12.1 Å². The highest BCUT2D eigenvalue weighted by atomic mass is 32.2. The van der Waals surface area contributed by atoms with E-state index in [-0.39, 0.29) is 5.92 Å². The second-order valence-electron chi connectivity index (χ2n) is 5.62. The Bertz CT molecular complexity index is 755. The van der Waals surface area contributed by atoms with E-state index in [1.54, 1.807) is 11.8 Å². The second-order valence-corrected chi connectivity index (χ2v) is 7.85. The van der Waals surface area contributed by atoms with Gasteiger partial charge < -0.3 is 4.74 Å². The average Bonchev–Trinajstić information content (AvgIpc) is 3.11. The number of hydrogen-bond acceptors (Lipinski definition) is 5. The van der Waals surface area contributed by atoms with Crippen molar-refractivity contribution in [3.05, 3.63) is 30.5 Å². The summed E-state index contributed by atoms with van der Waals surface area (Å²) in [6, 6.07) is 7.67. The molecule has 6 nitrogen and oxygen atoms in total. The van der Waals surface area contributed by atoms with Crippen molar-refractivity contribution in [3.8, 4) is 17.0 Å². The molecule has 1 fully saturated rings. The van der Waals surface area contributed by atoms with Crippen LogP contribution in [0, 0.1) is 5.92 Å². The number of benzene rings is 1. The molecule has 1 atom stereocenters. The van der Waals surface area contributed by atoms with Crippen LogP contribution in [0.1, 0.15) is 12.8 Å². The van der Waals surface area contributed by atoms with Crippen molar-refractivity contribution in [2.24, 2.45) is 5.92 Å². The topological polar surface area (TPSA) is 74.1 Å². The summed E-state index contributed by atoms with van der Waals surface area (Å²) >= 11 is 0. The smallest absolute Gasteiger partial charge is 0.150 e. The van der Waals surface area contributed by atoms with Gasteiger partial charge in [0.15, 0.2) is 9.84 Å². The summed E-state index contributed by atoms with van der Waals surface area (Å²) in [6.07, 6.45) is 3.45. The molecular formula is C15H19N3O3S. The summed E-state index contributed by atoms with van der Waals surface area (Å²) in [7, 11) is -1.18. The van der Waals surface area contributed by atoms with Gasteiger partial charge in [-0.25, -0.2) is 8.42 Å². The number of ether oxygens (including phenoxy) is 1. The minimum atomic E-state index is -2.81. The third-order valence-electron chi connectivity index (χ3n) is 4.01. The Morgan fingerprint density at radius 2 is 2.18 bits per heavy atom. The van der Waals surface area contributed by atoms with Crippen molar-refractivity contribution in [3.63, 3.8) is 0 Å². The molecule has 22 heavy (non-hydrogen) atoms. The monoisotopic (exact) mass is 321 g/mol. The molecule has 0 spiro atoms. The van der Waals surface area contributed by atoms with Crippen LogP contribution in [-0.2, 0) is 16.4 Å². The van der Waals surface area contributed by atoms with Crippen LogP contribution in [-0.4, -0.2) is 42.0 Å². The lowest BCUT2D eigenvalue weighted by atomic mass is 10.1. The van der Waals surface area contributed by atoms with Gasteiger partial charge >= 0.3 is 0 Å². The molecule has 0 bridgehead atoms. The maximum atomic E-state index is 11.5. The number of sulfone groups is 1. The first-order valence-electron chi connectivity index (χ1n) is 7.31. The van der Waals surface area contributed by atoms with Gasteiger partial charge in [-0.05, 0) is 30.9 Å². The summed E-state index contributed by atoms with van der Waals surface area (Å²) in [5.74, 6) is 1.63. The van der Waals surface area contributed by atoms with Gasteiger partial charge in [-0.3, -0.25) is 4.68 Å². The van der Waals surface area contributed by atoms with Crippen LogP contribution < -0.4 is 4.74 Å². The molecule has 1 unspecified atom stereocenters. The quantitative estimate of drug-likeness (QED) is 0.839. The molecule has 1 aromatic heterocycles. The van der Waals surface area contributed by atoms with Gasteiger partial charge in [0.05, 0.1) is 24.8 Å². The maximum Gasteiger partial charge on any atom is 0.150 e. The number of para-hydroxylation sites is 1. The van der Waals surface area contributed by atoms with Crippen molar-refractivity contribution in [1.82, 2.24) is 15.0 Å². The largest absolute Gasteiger partial charge is 0.496 e. The zero-order valence-corrected chi connectivity index (χ0v) is 13.3. The van der Waals surface area contributed by atoms with Crippen LogP contribution in [0.5, 0.6) is 5.75 Å². The van der Waals surface area contributed by atoms with Gasteiger partial charge in [-0.1, -0.05) is 17.3 Å². The van der Waals surface area contributed by atoms with Crippen LogP contribution >= 0.6 is 0 Å². The second kappa shape index (κ2) is 6.08. The van der Waals surface area contributed by atoms with Crippen molar-refractivity contribution < 1.29 is 13.2 Å². The van der Waals surface area contributed by atoms with Gasteiger partial charge in [0.25, 0.3) is 0 Å². The Morgan fingerprint density at radius 3 is 2.91 bits per heavy atom. The number of rotatable bonds is 5. The lowest BCUT2D eigenvalue weighted by Gasteiger charge is -2.06. The third kappa shape index (κ3) is 3.30. The van der Waals surface area contributed by atoms with Crippen LogP contribution in [0.25, 0.3) is 11.3 Å². The van der Waals surface area contributed by atoms with Gasteiger partial charge in [-0.15, -0.1) is 5.10 Å². The summed E-state index contributed by atoms with van der Waals surface area (Å²) in [6.45, 7) is 0.683. The van der Waals surface area contributed by atoms with E-state index >= 15 is 0 Å². The van der Waals surface area contributed by atoms with Crippen molar-refractivity contribution in [2.75, 3.05) is 18.6 Å². The summed E-state index contributed by atoms with van der Waals surface area (Å²) in [4.78, 5) is 0. The first-order valence-corrected chi connectivity index (χ1v) is 9.13. The molecule has 0 saturated carbocycles. The fourth-order valence-electron chi connectivity index (χ4n) is 2.80. The fourth-order valence-corrected chi connectivity index (χ4v) is 4.71. The normalized spacial score (nSPS) is 20.1. The van der Waals surface area contributed by atoms with Crippen molar-refractivity contribution in [1.29, 1.82) is 0 Å². The number of aromatic nitrogens is 3. The Kier molecular flexibility index (Phi) is 4.15. The standard InChI is InChI=1S/C15H19N3O3S/c1-21-15-5-3-2-4-13(15)14-10-18(17-16-14)8-6-12-7-9-22(19,20)11-12/h2-5,10,12H,6-9,11H2,1H3. The van der Waals surface area contributed by atoms with E-state index in [0.717, 1.165) is 29.8 Å². The molecule has 1 aromatic carbocycles. The number of hydrogen-bond donors (Lipinski definition) is 0. The maximum absolute atomic E-state index is 11.5.